The molecule has 1 atom stereocenters. The Hall–Kier alpha value is -2.28. The molecule has 1 aromatic heterocycles. The molecule has 3 N–H and O–H groups in total. The van der Waals surface area contributed by atoms with E-state index in [-0.39, 0.29) is 18.3 Å². The lowest BCUT2D eigenvalue weighted by atomic mass is 10.3. The number of amides is 2. The highest BCUT2D eigenvalue weighted by Crippen LogP contribution is 2.08. The fourth-order valence-corrected chi connectivity index (χ4v) is 2.22. The third-order valence-electron chi connectivity index (χ3n) is 3.18. The zero-order chi connectivity index (χ0) is 15.4. The number of nitrogens with one attached hydrogen (secondary N) is 2. The summed E-state index contributed by atoms with van der Waals surface area (Å²) in [6.07, 6.45) is -0.572. The molecule has 114 valence electrons. The van der Waals surface area contributed by atoms with E-state index in [1.54, 1.807) is 18.5 Å². The van der Waals surface area contributed by atoms with E-state index in [4.69, 9.17) is 0 Å². The zero-order valence-electron chi connectivity index (χ0n) is 12.2. The molecule has 7 heteroatoms. The lowest BCUT2D eigenvalue weighted by Crippen LogP contribution is -2.42. The van der Waals surface area contributed by atoms with Gasteiger partial charge in [-0.25, -0.2) is 9.59 Å². The molecule has 7 nitrogen and oxygen atoms in total. The summed E-state index contributed by atoms with van der Waals surface area (Å²) < 4.78 is 1.59. The van der Waals surface area contributed by atoms with Crippen molar-refractivity contribution in [2.45, 2.75) is 19.6 Å². The van der Waals surface area contributed by atoms with E-state index in [1.165, 1.54) is 4.90 Å². The number of para-hydroxylation sites is 2. The first kappa shape index (κ1) is 15.1. The minimum absolute atomic E-state index is 0.192. The molecule has 2 rings (SSSR count). The molecule has 0 aliphatic rings. The summed E-state index contributed by atoms with van der Waals surface area (Å²) in [4.78, 5) is 27.8. The topological polar surface area (TPSA) is 90.4 Å². The minimum atomic E-state index is -0.572. The lowest BCUT2D eigenvalue weighted by molar-refractivity contribution is 0.144. The van der Waals surface area contributed by atoms with Crippen LogP contribution in [0.25, 0.3) is 11.0 Å². The predicted octanol–water partition coefficient (Wildman–Crippen LogP) is 0.352. The van der Waals surface area contributed by atoms with Crippen molar-refractivity contribution in [1.82, 2.24) is 19.8 Å². The zero-order valence-corrected chi connectivity index (χ0v) is 12.2. The van der Waals surface area contributed by atoms with Crippen LogP contribution in [-0.2, 0) is 6.54 Å². The number of aliphatic hydroxyl groups is 1. The van der Waals surface area contributed by atoms with E-state index in [9.17, 15) is 14.7 Å². The molecule has 0 saturated heterocycles. The molecule has 21 heavy (non-hydrogen) atoms. The number of carbonyl (C=O) groups excluding carboxylic acids is 1. The Labute approximate surface area is 122 Å². The van der Waals surface area contributed by atoms with Crippen LogP contribution in [0, 0.1) is 0 Å². The largest absolute Gasteiger partial charge is 0.392 e. The standard InChI is InChI=1S/C14H20N4O3/c1-10(19)9-17(2)13(20)15-7-8-18-12-6-4-3-5-11(12)16-14(18)21/h3-6,10,19H,7-9H2,1-2H3,(H,15,20)(H,16,21). The van der Waals surface area contributed by atoms with Gasteiger partial charge in [0.1, 0.15) is 0 Å². The van der Waals surface area contributed by atoms with Gasteiger partial charge >= 0.3 is 11.7 Å². The molecular formula is C14H20N4O3. The van der Waals surface area contributed by atoms with E-state index in [0.29, 0.717) is 13.1 Å². The van der Waals surface area contributed by atoms with Crippen LogP contribution in [0.2, 0.25) is 0 Å². The molecule has 0 aliphatic carbocycles. The Morgan fingerprint density at radius 3 is 2.90 bits per heavy atom. The molecule has 0 aliphatic heterocycles. The second-order valence-corrected chi connectivity index (χ2v) is 5.06. The third kappa shape index (κ3) is 3.63. The molecule has 1 unspecified atom stereocenters. The number of aliphatic hydroxyl groups excluding tert-OH is 1. The van der Waals surface area contributed by atoms with Crippen molar-refractivity contribution in [1.29, 1.82) is 0 Å². The molecule has 1 heterocycles. The molecule has 0 radical (unpaired) electrons. The van der Waals surface area contributed by atoms with Crippen molar-refractivity contribution in [2.24, 2.45) is 0 Å². The Balaban J connectivity index is 1.95. The fraction of sp³-hybridized carbons (Fsp3) is 0.429. The van der Waals surface area contributed by atoms with Crippen molar-refractivity contribution in [3.05, 3.63) is 34.7 Å². The van der Waals surface area contributed by atoms with Gasteiger partial charge in [-0.1, -0.05) is 12.1 Å². The molecule has 1 aromatic carbocycles. The number of benzene rings is 1. The highest BCUT2D eigenvalue weighted by molar-refractivity contribution is 5.75. The van der Waals surface area contributed by atoms with Gasteiger partial charge in [0.05, 0.1) is 17.1 Å². The summed E-state index contributed by atoms with van der Waals surface area (Å²) in [5, 5.41) is 12.0. The van der Waals surface area contributed by atoms with Gasteiger partial charge < -0.3 is 20.3 Å². The second-order valence-electron chi connectivity index (χ2n) is 5.06. The van der Waals surface area contributed by atoms with Crippen LogP contribution in [0.5, 0.6) is 0 Å². The third-order valence-corrected chi connectivity index (χ3v) is 3.18. The van der Waals surface area contributed by atoms with E-state index < -0.39 is 6.10 Å². The number of urea groups is 1. The van der Waals surface area contributed by atoms with Gasteiger partial charge in [-0.15, -0.1) is 0 Å². The molecule has 0 saturated carbocycles. The highest BCUT2D eigenvalue weighted by Gasteiger charge is 2.11. The highest BCUT2D eigenvalue weighted by atomic mass is 16.3. The summed E-state index contributed by atoms with van der Waals surface area (Å²) in [6, 6.07) is 7.14. The number of hydrogen-bond acceptors (Lipinski definition) is 3. The van der Waals surface area contributed by atoms with Gasteiger partial charge in [-0.05, 0) is 19.1 Å². The second kappa shape index (κ2) is 6.45. The first-order valence-electron chi connectivity index (χ1n) is 6.83. The number of hydrogen-bond donors (Lipinski definition) is 3. The van der Waals surface area contributed by atoms with Crippen molar-refractivity contribution >= 4 is 17.1 Å². The van der Waals surface area contributed by atoms with Gasteiger partial charge in [0.2, 0.25) is 0 Å². The maximum atomic E-state index is 11.8. The van der Waals surface area contributed by atoms with Crippen LogP contribution < -0.4 is 11.0 Å². The van der Waals surface area contributed by atoms with Crippen molar-refractivity contribution in [3.63, 3.8) is 0 Å². The number of carbonyl (C=O) groups is 1. The van der Waals surface area contributed by atoms with Crippen LogP contribution in [0.3, 0.4) is 0 Å². The average molecular weight is 292 g/mol. The number of likely N-dealkylation sites (N-methyl/N-ethyl adjacent to an activating group) is 1. The summed E-state index contributed by atoms with van der Waals surface area (Å²) in [7, 11) is 1.61. The Bertz CT molecular complexity index is 674. The lowest BCUT2D eigenvalue weighted by Gasteiger charge is -2.19. The number of aromatic nitrogens is 2. The van der Waals surface area contributed by atoms with E-state index >= 15 is 0 Å². The van der Waals surface area contributed by atoms with Crippen LogP contribution in [0.1, 0.15) is 6.92 Å². The van der Waals surface area contributed by atoms with Gasteiger partial charge in [0.25, 0.3) is 0 Å². The van der Waals surface area contributed by atoms with Gasteiger partial charge in [-0.2, -0.15) is 0 Å². The molecule has 2 amide bonds. The Morgan fingerprint density at radius 1 is 1.48 bits per heavy atom. The summed E-state index contributed by atoms with van der Waals surface area (Å²) in [5.41, 5.74) is 1.40. The number of rotatable bonds is 5. The summed E-state index contributed by atoms with van der Waals surface area (Å²) in [6.45, 7) is 2.61. The summed E-state index contributed by atoms with van der Waals surface area (Å²) >= 11 is 0. The molecule has 0 bridgehead atoms. The Morgan fingerprint density at radius 2 is 2.19 bits per heavy atom. The monoisotopic (exact) mass is 292 g/mol. The SMILES string of the molecule is CC(O)CN(C)C(=O)NCCn1c(=O)[nH]c2ccccc21. The van der Waals surface area contributed by atoms with Crippen molar-refractivity contribution < 1.29 is 9.90 Å². The van der Waals surface area contributed by atoms with Gasteiger partial charge in [0, 0.05) is 26.7 Å². The van der Waals surface area contributed by atoms with Crippen LogP contribution in [0.4, 0.5) is 4.79 Å². The van der Waals surface area contributed by atoms with E-state index in [2.05, 4.69) is 10.3 Å². The van der Waals surface area contributed by atoms with Crippen molar-refractivity contribution in [3.8, 4) is 0 Å². The van der Waals surface area contributed by atoms with E-state index in [0.717, 1.165) is 11.0 Å². The molecular weight excluding hydrogens is 272 g/mol. The predicted molar refractivity (Wildman–Crippen MR) is 80.3 cm³/mol. The fourth-order valence-electron chi connectivity index (χ4n) is 2.22. The maximum absolute atomic E-state index is 11.8. The number of imidazole rings is 1. The molecule has 0 spiro atoms. The molecule has 0 fully saturated rings. The van der Waals surface area contributed by atoms with E-state index in [1.807, 2.05) is 24.3 Å². The van der Waals surface area contributed by atoms with Crippen LogP contribution >= 0.6 is 0 Å². The summed E-state index contributed by atoms with van der Waals surface area (Å²) in [5.74, 6) is 0. The van der Waals surface area contributed by atoms with Crippen LogP contribution in [-0.4, -0.2) is 51.8 Å². The average Bonchev–Trinajstić information content (AvgIpc) is 2.74. The van der Waals surface area contributed by atoms with Crippen molar-refractivity contribution in [2.75, 3.05) is 20.1 Å². The number of fused-ring (bicyclic) bond motifs is 1. The normalized spacial score (nSPS) is 12.3. The first-order valence-corrected chi connectivity index (χ1v) is 6.83. The number of nitrogens with zero attached hydrogens (tertiary/aromatic N) is 2. The Kier molecular flexibility index (Phi) is 4.64. The quantitative estimate of drug-likeness (QED) is 0.743. The van der Waals surface area contributed by atoms with Gasteiger partial charge in [0.15, 0.2) is 0 Å². The van der Waals surface area contributed by atoms with Gasteiger partial charge in [-0.3, -0.25) is 4.57 Å². The number of H-pyrrole nitrogens is 1. The minimum Gasteiger partial charge on any atom is -0.392 e. The first-order chi connectivity index (χ1) is 9.99. The smallest absolute Gasteiger partial charge is 0.326 e. The molecule has 2 aromatic rings. The van der Waals surface area contributed by atoms with Crippen LogP contribution in [0.15, 0.2) is 29.1 Å². The number of aromatic amines is 1. The maximum Gasteiger partial charge on any atom is 0.326 e.